The Bertz CT molecular complexity index is 165. The molecule has 0 aromatic rings. The number of rotatable bonds is 3. The van der Waals surface area contributed by atoms with Crippen LogP contribution >= 0.6 is 12.4 Å². The lowest BCUT2D eigenvalue weighted by Crippen LogP contribution is -2.21. The van der Waals surface area contributed by atoms with Gasteiger partial charge in [-0.3, -0.25) is 0 Å². The first-order valence-corrected chi connectivity index (χ1v) is 3.28. The van der Waals surface area contributed by atoms with Gasteiger partial charge in [-0.15, -0.1) is 19.0 Å². The van der Waals surface area contributed by atoms with E-state index in [2.05, 4.69) is 18.1 Å². The molecule has 0 aliphatic carbocycles. The lowest BCUT2D eigenvalue weighted by atomic mass is 10.6. The zero-order valence-corrected chi connectivity index (χ0v) is 7.26. The van der Waals surface area contributed by atoms with Crippen LogP contribution in [0.5, 0.6) is 0 Å². The fourth-order valence-electron chi connectivity index (χ4n) is 0.887. The summed E-state index contributed by atoms with van der Waals surface area (Å²) in [5.74, 6) is 0. The fraction of sp³-hybridized carbons (Fsp3) is 0.250. The van der Waals surface area contributed by atoms with Crippen LogP contribution in [-0.4, -0.2) is 23.0 Å². The first kappa shape index (κ1) is 10.1. The van der Waals surface area contributed by atoms with Crippen molar-refractivity contribution in [3.05, 3.63) is 37.8 Å². The van der Waals surface area contributed by atoms with E-state index in [1.54, 1.807) is 6.20 Å². The van der Waals surface area contributed by atoms with Gasteiger partial charge in [0.15, 0.2) is 0 Å². The molecule has 1 rings (SSSR count). The Morgan fingerprint density at radius 1 is 1.36 bits per heavy atom. The summed E-state index contributed by atoms with van der Waals surface area (Å²) in [7, 11) is 0. The molecule has 0 amide bonds. The molecular formula is C8H13ClN2. The molecule has 62 valence electrons. The van der Waals surface area contributed by atoms with E-state index in [1.165, 1.54) is 0 Å². The summed E-state index contributed by atoms with van der Waals surface area (Å²) in [6, 6.07) is 0. The van der Waals surface area contributed by atoms with Crippen LogP contribution in [-0.2, 0) is 0 Å². The van der Waals surface area contributed by atoms with E-state index < -0.39 is 0 Å². The average Bonchev–Trinajstić information content (AvgIpc) is 2.37. The average molecular weight is 173 g/mol. The molecule has 0 fully saturated rings. The largest absolute Gasteiger partial charge is 0.355 e. The number of halogens is 1. The highest BCUT2D eigenvalue weighted by Crippen LogP contribution is 2.04. The molecule has 0 bridgehead atoms. The Kier molecular flexibility index (Phi) is 4.46. The van der Waals surface area contributed by atoms with Crippen LogP contribution < -0.4 is 0 Å². The molecule has 0 saturated carbocycles. The van der Waals surface area contributed by atoms with Gasteiger partial charge in [-0.1, -0.05) is 12.7 Å². The maximum absolute atomic E-state index is 3.66. The van der Waals surface area contributed by atoms with Crippen LogP contribution in [0.1, 0.15) is 0 Å². The minimum absolute atomic E-state index is 0. The molecule has 0 radical (unpaired) electrons. The first-order chi connectivity index (χ1) is 4.86. The molecule has 1 aliphatic rings. The van der Waals surface area contributed by atoms with Crippen molar-refractivity contribution in [2.45, 2.75) is 0 Å². The van der Waals surface area contributed by atoms with Crippen molar-refractivity contribution >= 4 is 12.4 Å². The molecule has 0 N–H and O–H groups in total. The predicted octanol–water partition coefficient (Wildman–Crippen LogP) is 1.78. The lowest BCUT2D eigenvalue weighted by Gasteiger charge is -2.15. The van der Waals surface area contributed by atoms with E-state index in [9.17, 15) is 0 Å². The van der Waals surface area contributed by atoms with Crippen molar-refractivity contribution < 1.29 is 0 Å². The van der Waals surface area contributed by atoms with E-state index in [0.717, 1.165) is 13.2 Å². The Labute approximate surface area is 73.9 Å². The zero-order valence-electron chi connectivity index (χ0n) is 6.44. The second-order valence-electron chi connectivity index (χ2n) is 2.20. The molecule has 0 unspecified atom stereocenters. The van der Waals surface area contributed by atoms with Gasteiger partial charge in [-0.05, 0) is 6.20 Å². The summed E-state index contributed by atoms with van der Waals surface area (Å²) in [5.41, 5.74) is 0. The summed E-state index contributed by atoms with van der Waals surface area (Å²) in [6.45, 7) is 9.12. The van der Waals surface area contributed by atoms with Gasteiger partial charge in [-0.2, -0.15) is 0 Å². The van der Waals surface area contributed by atoms with Gasteiger partial charge in [0.05, 0.1) is 6.67 Å². The van der Waals surface area contributed by atoms with Crippen molar-refractivity contribution in [1.29, 1.82) is 0 Å². The minimum Gasteiger partial charge on any atom is -0.355 e. The van der Waals surface area contributed by atoms with E-state index in [0.29, 0.717) is 0 Å². The standard InChI is InChI=1S/C8H12N2.ClH/c1-3-5-10-7-6-9(4-2)8-10;/h3-4,6-7H,1-2,5,8H2;1H. The summed E-state index contributed by atoms with van der Waals surface area (Å²) >= 11 is 0. The molecule has 3 heteroatoms. The SMILES string of the molecule is C=CCN1C=CN(C=C)C1.Cl. The first-order valence-electron chi connectivity index (χ1n) is 3.28. The van der Waals surface area contributed by atoms with Crippen LogP contribution in [0.3, 0.4) is 0 Å². The van der Waals surface area contributed by atoms with Crippen molar-refractivity contribution in [3.63, 3.8) is 0 Å². The van der Waals surface area contributed by atoms with E-state index >= 15 is 0 Å². The second-order valence-corrected chi connectivity index (χ2v) is 2.20. The molecular weight excluding hydrogens is 160 g/mol. The van der Waals surface area contributed by atoms with Crippen LogP contribution in [0.15, 0.2) is 37.8 Å². The van der Waals surface area contributed by atoms with Crippen molar-refractivity contribution in [3.8, 4) is 0 Å². The van der Waals surface area contributed by atoms with Crippen molar-refractivity contribution in [2.24, 2.45) is 0 Å². The van der Waals surface area contributed by atoms with E-state index in [-0.39, 0.29) is 12.4 Å². The Morgan fingerprint density at radius 2 is 2.09 bits per heavy atom. The smallest absolute Gasteiger partial charge is 0.0939 e. The Morgan fingerprint density at radius 3 is 2.55 bits per heavy atom. The third kappa shape index (κ3) is 2.68. The number of hydrogen-bond acceptors (Lipinski definition) is 2. The molecule has 0 aromatic heterocycles. The van der Waals surface area contributed by atoms with Crippen LogP contribution in [0, 0.1) is 0 Å². The third-order valence-electron chi connectivity index (χ3n) is 1.41. The van der Waals surface area contributed by atoms with E-state index in [1.807, 2.05) is 23.4 Å². The summed E-state index contributed by atoms with van der Waals surface area (Å²) < 4.78 is 0. The van der Waals surface area contributed by atoms with Gasteiger partial charge in [0, 0.05) is 18.9 Å². The van der Waals surface area contributed by atoms with E-state index in [4.69, 9.17) is 0 Å². The molecule has 0 saturated heterocycles. The summed E-state index contributed by atoms with van der Waals surface area (Å²) in [6.07, 6.45) is 7.72. The van der Waals surface area contributed by atoms with Gasteiger partial charge in [0.2, 0.25) is 0 Å². The molecule has 1 aliphatic heterocycles. The molecule has 11 heavy (non-hydrogen) atoms. The van der Waals surface area contributed by atoms with Crippen LogP contribution in [0.4, 0.5) is 0 Å². The van der Waals surface area contributed by atoms with Gasteiger partial charge < -0.3 is 9.80 Å². The van der Waals surface area contributed by atoms with Gasteiger partial charge in [0.25, 0.3) is 0 Å². The molecule has 2 nitrogen and oxygen atoms in total. The lowest BCUT2D eigenvalue weighted by molar-refractivity contribution is 0.340. The molecule has 1 heterocycles. The fourth-order valence-corrected chi connectivity index (χ4v) is 0.887. The zero-order chi connectivity index (χ0) is 7.40. The minimum atomic E-state index is 0. The normalized spacial score (nSPS) is 14.5. The second kappa shape index (κ2) is 4.85. The van der Waals surface area contributed by atoms with Crippen molar-refractivity contribution in [2.75, 3.05) is 13.2 Å². The molecule has 0 spiro atoms. The summed E-state index contributed by atoms with van der Waals surface area (Å²) in [4.78, 5) is 4.16. The Balaban J connectivity index is 0.000001000. The maximum atomic E-state index is 3.66. The highest BCUT2D eigenvalue weighted by atomic mass is 35.5. The number of hydrogen-bond donors (Lipinski definition) is 0. The van der Waals surface area contributed by atoms with Crippen LogP contribution in [0.2, 0.25) is 0 Å². The van der Waals surface area contributed by atoms with Gasteiger partial charge in [0.1, 0.15) is 0 Å². The third-order valence-corrected chi connectivity index (χ3v) is 1.41. The van der Waals surface area contributed by atoms with Crippen molar-refractivity contribution in [1.82, 2.24) is 9.80 Å². The Hall–Kier alpha value is -0.890. The monoisotopic (exact) mass is 172 g/mol. The molecule has 0 aromatic carbocycles. The quantitative estimate of drug-likeness (QED) is 0.599. The van der Waals surface area contributed by atoms with Gasteiger partial charge in [-0.25, -0.2) is 0 Å². The summed E-state index contributed by atoms with van der Waals surface area (Å²) in [5, 5.41) is 0. The van der Waals surface area contributed by atoms with Crippen LogP contribution in [0.25, 0.3) is 0 Å². The highest BCUT2D eigenvalue weighted by Gasteiger charge is 2.05. The topological polar surface area (TPSA) is 6.48 Å². The molecule has 0 atom stereocenters. The van der Waals surface area contributed by atoms with Gasteiger partial charge >= 0.3 is 0 Å². The highest BCUT2D eigenvalue weighted by molar-refractivity contribution is 5.85. The maximum Gasteiger partial charge on any atom is 0.0939 e. The number of nitrogens with zero attached hydrogens (tertiary/aromatic N) is 2. The predicted molar refractivity (Wildman–Crippen MR) is 50.2 cm³/mol.